The normalized spacial score (nSPS) is 14.4. The summed E-state index contributed by atoms with van der Waals surface area (Å²) in [6.07, 6.45) is -0.142. The molecule has 8 nitrogen and oxygen atoms in total. The van der Waals surface area contributed by atoms with Gasteiger partial charge in [0.05, 0.1) is 11.8 Å². The van der Waals surface area contributed by atoms with Gasteiger partial charge >= 0.3 is 6.18 Å². The van der Waals surface area contributed by atoms with E-state index in [1.54, 1.807) is 6.07 Å². The first-order chi connectivity index (χ1) is 22.6. The number of thiophene rings is 1. The van der Waals surface area contributed by atoms with Gasteiger partial charge in [-0.2, -0.15) is 18.4 Å². The number of nitriles is 1. The number of alkyl halides is 3. The van der Waals surface area contributed by atoms with Crippen LogP contribution in [0.15, 0.2) is 67.5 Å². The zero-order valence-corrected chi connectivity index (χ0v) is 26.7. The molecule has 0 bridgehead atoms. The zero-order chi connectivity index (χ0) is 33.1. The van der Waals surface area contributed by atoms with Gasteiger partial charge in [0.25, 0.3) is 0 Å². The molecule has 2 N–H and O–H groups in total. The molecule has 5 aromatic rings. The van der Waals surface area contributed by atoms with E-state index in [9.17, 15) is 23.2 Å². The van der Waals surface area contributed by atoms with Gasteiger partial charge in [-0.1, -0.05) is 24.8 Å². The lowest BCUT2D eigenvalue weighted by molar-refractivity contribution is -0.126. The Kier molecular flexibility index (Phi) is 9.29. The Bertz CT molecular complexity index is 1980. The summed E-state index contributed by atoms with van der Waals surface area (Å²) in [5.74, 6) is 0.327. The third-order valence-electron chi connectivity index (χ3n) is 8.66. The maximum absolute atomic E-state index is 12.9. The first kappa shape index (κ1) is 32.2. The van der Waals surface area contributed by atoms with Crippen molar-refractivity contribution in [2.75, 3.05) is 23.7 Å². The third kappa shape index (κ3) is 7.48. The van der Waals surface area contributed by atoms with Gasteiger partial charge in [0.1, 0.15) is 28.7 Å². The minimum absolute atomic E-state index is 0.157. The molecule has 242 valence electrons. The van der Waals surface area contributed by atoms with Gasteiger partial charge in [-0.15, -0.1) is 11.3 Å². The van der Waals surface area contributed by atoms with Crippen LogP contribution in [-0.2, 0) is 30.7 Å². The number of aromatic nitrogens is 3. The molecule has 0 radical (unpaired) electrons. The maximum atomic E-state index is 12.9. The molecule has 2 aromatic carbocycles. The zero-order valence-electron chi connectivity index (χ0n) is 25.9. The van der Waals surface area contributed by atoms with Crippen LogP contribution in [0.3, 0.4) is 0 Å². The van der Waals surface area contributed by atoms with E-state index < -0.39 is 12.6 Å². The molecule has 0 unspecified atom stereocenters. The summed E-state index contributed by atoms with van der Waals surface area (Å²) in [4.78, 5) is 23.4. The number of amides is 1. The summed E-state index contributed by atoms with van der Waals surface area (Å²) in [5.41, 5.74) is 5.75. The van der Waals surface area contributed by atoms with Crippen LogP contribution in [-0.4, -0.2) is 50.6 Å². The highest BCUT2D eigenvalue weighted by molar-refractivity contribution is 7.18. The van der Waals surface area contributed by atoms with Gasteiger partial charge in [0.2, 0.25) is 5.91 Å². The quantitative estimate of drug-likeness (QED) is 0.152. The van der Waals surface area contributed by atoms with Crippen molar-refractivity contribution in [2.24, 2.45) is 0 Å². The number of rotatable bonds is 10. The molecule has 4 heterocycles. The Labute approximate surface area is 274 Å². The molecule has 1 saturated heterocycles. The minimum atomic E-state index is -4.26. The average Bonchev–Trinajstić information content (AvgIpc) is 3.62. The number of benzene rings is 2. The number of piperidine rings is 1. The van der Waals surface area contributed by atoms with Crippen LogP contribution < -0.4 is 10.6 Å². The number of aryl methyl sites for hydroxylation is 3. The average molecular weight is 658 g/mol. The van der Waals surface area contributed by atoms with Gasteiger partial charge in [-0.25, -0.2) is 9.97 Å². The summed E-state index contributed by atoms with van der Waals surface area (Å²) < 4.78 is 40.9. The fourth-order valence-corrected chi connectivity index (χ4v) is 7.27. The molecule has 1 aliphatic rings. The van der Waals surface area contributed by atoms with Crippen molar-refractivity contribution in [3.8, 4) is 6.07 Å². The Morgan fingerprint density at radius 2 is 1.96 bits per heavy atom. The fraction of sp³-hybridized carbons (Fsp3) is 0.314. The van der Waals surface area contributed by atoms with Crippen molar-refractivity contribution in [2.45, 2.75) is 57.9 Å². The second kappa shape index (κ2) is 13.6. The summed E-state index contributed by atoms with van der Waals surface area (Å²) in [6.45, 7) is 8.74. The van der Waals surface area contributed by atoms with E-state index >= 15 is 0 Å². The molecule has 0 spiro atoms. The van der Waals surface area contributed by atoms with Crippen molar-refractivity contribution in [1.29, 1.82) is 5.26 Å². The first-order valence-electron chi connectivity index (χ1n) is 15.4. The number of hydrogen-bond acceptors (Lipinski definition) is 7. The second-order valence-electron chi connectivity index (χ2n) is 11.9. The van der Waals surface area contributed by atoms with Gasteiger partial charge < -0.3 is 15.2 Å². The molecule has 1 amide bonds. The van der Waals surface area contributed by atoms with Crippen LogP contribution >= 0.6 is 11.3 Å². The predicted molar refractivity (Wildman–Crippen MR) is 179 cm³/mol. The number of halogens is 3. The highest BCUT2D eigenvalue weighted by atomic mass is 32.1. The van der Waals surface area contributed by atoms with Crippen molar-refractivity contribution < 1.29 is 18.0 Å². The van der Waals surface area contributed by atoms with E-state index in [0.717, 1.165) is 65.8 Å². The molecule has 0 atom stereocenters. The highest BCUT2D eigenvalue weighted by Crippen LogP contribution is 2.33. The molecule has 1 aliphatic heterocycles. The van der Waals surface area contributed by atoms with Crippen LogP contribution in [0.25, 0.3) is 21.1 Å². The van der Waals surface area contributed by atoms with E-state index in [-0.39, 0.29) is 16.8 Å². The molecule has 0 saturated carbocycles. The second-order valence-corrected chi connectivity index (χ2v) is 13.0. The summed E-state index contributed by atoms with van der Waals surface area (Å²) in [5, 5.41) is 17.9. The monoisotopic (exact) mass is 657 g/mol. The molecule has 3 aromatic heterocycles. The Morgan fingerprint density at radius 1 is 1.15 bits per heavy atom. The number of nitrogens with one attached hydrogen (secondary N) is 2. The lowest BCUT2D eigenvalue weighted by Gasteiger charge is -2.33. The third-order valence-corrected chi connectivity index (χ3v) is 9.71. The largest absolute Gasteiger partial charge is 0.393 e. The molecular weight excluding hydrogens is 623 g/mol. The molecule has 47 heavy (non-hydrogen) atoms. The van der Waals surface area contributed by atoms with E-state index in [2.05, 4.69) is 61.8 Å². The van der Waals surface area contributed by atoms with E-state index in [1.165, 1.54) is 18.0 Å². The summed E-state index contributed by atoms with van der Waals surface area (Å²) >= 11 is 1.06. The van der Waals surface area contributed by atoms with Crippen molar-refractivity contribution >= 4 is 49.9 Å². The van der Waals surface area contributed by atoms with E-state index in [4.69, 9.17) is 0 Å². The Hall–Kier alpha value is -4.73. The van der Waals surface area contributed by atoms with Crippen LogP contribution in [0.2, 0.25) is 0 Å². The van der Waals surface area contributed by atoms with Crippen LogP contribution in [0, 0.1) is 18.3 Å². The minimum Gasteiger partial charge on any atom is -0.367 e. The van der Waals surface area contributed by atoms with Crippen LogP contribution in [0.4, 0.5) is 24.7 Å². The number of fused-ring (bicyclic) bond motifs is 2. The lowest BCUT2D eigenvalue weighted by Crippen LogP contribution is -2.39. The number of carbonyl (C=O) groups is 1. The maximum Gasteiger partial charge on any atom is 0.393 e. The number of hydrogen-bond donors (Lipinski definition) is 2. The number of likely N-dealkylation sites (tertiary alicyclic amines) is 1. The van der Waals surface area contributed by atoms with Gasteiger partial charge in [0.15, 0.2) is 0 Å². The molecule has 12 heteroatoms. The van der Waals surface area contributed by atoms with Crippen molar-refractivity contribution in [1.82, 2.24) is 19.4 Å². The summed E-state index contributed by atoms with van der Waals surface area (Å²) in [6, 6.07) is 18.0. The predicted octanol–water partition coefficient (Wildman–Crippen LogP) is 7.37. The highest BCUT2D eigenvalue weighted by Gasteiger charge is 2.29. The van der Waals surface area contributed by atoms with Gasteiger partial charge in [-0.3, -0.25) is 9.69 Å². The number of nitrogens with zero attached hydrogens (tertiary/aromatic N) is 5. The van der Waals surface area contributed by atoms with E-state index in [1.807, 2.05) is 30.3 Å². The smallest absolute Gasteiger partial charge is 0.367 e. The molecule has 0 aliphatic carbocycles. The standard InChI is InChI=1S/C35H34F3N7OS/c1-3-32(46)42-26-6-4-5-23(15-26)9-14-45-27(19-39)16-29-22(2)24(7-8-31(29)45)20-44-12-10-25(11-13-44)43-33-30-17-28(18-35(36,37)38)47-34(30)41-21-40-33/h3-8,15-17,21,25H,1,9-14,18,20H2,2H3,(H,42,46)(H,40,41,43). The summed E-state index contributed by atoms with van der Waals surface area (Å²) in [7, 11) is 0. The first-order valence-corrected chi connectivity index (χ1v) is 16.2. The van der Waals surface area contributed by atoms with Gasteiger partial charge in [-0.05, 0) is 79.3 Å². The number of carbonyl (C=O) groups excluding carboxylic acids is 1. The topological polar surface area (TPSA) is 98.9 Å². The lowest BCUT2D eigenvalue weighted by atomic mass is 10.0. The van der Waals surface area contributed by atoms with Crippen LogP contribution in [0.5, 0.6) is 0 Å². The van der Waals surface area contributed by atoms with Gasteiger partial charge in [0, 0.05) is 53.7 Å². The molecule has 6 rings (SSSR count). The fourth-order valence-electron chi connectivity index (χ4n) is 6.24. The Balaban J connectivity index is 1.09. The van der Waals surface area contributed by atoms with E-state index in [0.29, 0.717) is 40.4 Å². The molecular formula is C35H34F3N7OS. The SMILES string of the molecule is C=CC(=O)Nc1cccc(CCn2c(C#N)cc3c(C)c(CN4CCC(Nc5ncnc6sc(CC(F)(F)F)cc56)CC4)ccc32)c1. The Morgan fingerprint density at radius 3 is 2.70 bits per heavy atom. The van der Waals surface area contributed by atoms with Crippen molar-refractivity contribution in [3.63, 3.8) is 0 Å². The van der Waals surface area contributed by atoms with Crippen molar-refractivity contribution in [3.05, 3.63) is 94.8 Å². The van der Waals surface area contributed by atoms with Crippen LogP contribution in [0.1, 0.15) is 40.1 Å². The molecule has 1 fully saturated rings. The number of anilines is 2.